The van der Waals surface area contributed by atoms with Gasteiger partial charge >= 0.3 is 0 Å². The number of carbonyl (C=O) groups is 1. The quantitative estimate of drug-likeness (QED) is 0.795. The van der Waals surface area contributed by atoms with Gasteiger partial charge in [0.05, 0.1) is 6.54 Å². The summed E-state index contributed by atoms with van der Waals surface area (Å²) in [5.74, 6) is 1.16. The van der Waals surface area contributed by atoms with Crippen molar-refractivity contribution in [2.24, 2.45) is 11.8 Å². The molecule has 0 saturated heterocycles. The molecule has 1 aromatic carbocycles. The number of ether oxygens (including phenoxy) is 1. The summed E-state index contributed by atoms with van der Waals surface area (Å²) < 4.78 is 18.0. The Hall–Kier alpha value is -1.58. The highest BCUT2D eigenvalue weighted by Gasteiger charge is 2.38. The number of halogens is 1. The Bertz CT molecular complexity index is 391. The molecule has 0 aromatic heterocycles. The molecule has 0 aliphatic heterocycles. The standard InChI is InChI=1S/C13H16FNO2/c1-9-8-12(9)13(16)15-6-7-17-11-4-2-10(14)3-5-11/h2-5,9,12H,6-8H2,1H3,(H,15,16)/t9-,12+/m0/s1. The van der Waals surface area contributed by atoms with Gasteiger partial charge in [-0.05, 0) is 36.6 Å². The van der Waals surface area contributed by atoms with Crippen molar-refractivity contribution in [2.45, 2.75) is 13.3 Å². The van der Waals surface area contributed by atoms with Crippen LogP contribution in [0.3, 0.4) is 0 Å². The van der Waals surface area contributed by atoms with Crippen LogP contribution < -0.4 is 10.1 Å². The summed E-state index contributed by atoms with van der Waals surface area (Å²) in [6.07, 6.45) is 0.991. The molecule has 1 aliphatic rings. The molecule has 0 spiro atoms. The Balaban J connectivity index is 1.63. The maximum Gasteiger partial charge on any atom is 0.223 e. The number of hydrogen-bond donors (Lipinski definition) is 1. The topological polar surface area (TPSA) is 38.3 Å². The predicted molar refractivity (Wildman–Crippen MR) is 62.2 cm³/mol. The van der Waals surface area contributed by atoms with E-state index in [-0.39, 0.29) is 17.6 Å². The lowest BCUT2D eigenvalue weighted by Gasteiger charge is -2.07. The smallest absolute Gasteiger partial charge is 0.223 e. The molecule has 4 heteroatoms. The van der Waals surface area contributed by atoms with Crippen LogP contribution >= 0.6 is 0 Å². The number of carbonyl (C=O) groups excluding carboxylic acids is 1. The summed E-state index contributed by atoms with van der Waals surface area (Å²) in [4.78, 5) is 11.5. The van der Waals surface area contributed by atoms with Gasteiger partial charge in [-0.25, -0.2) is 4.39 Å². The first-order chi connectivity index (χ1) is 8.16. The summed E-state index contributed by atoms with van der Waals surface area (Å²) in [7, 11) is 0. The van der Waals surface area contributed by atoms with Crippen molar-refractivity contribution in [2.75, 3.05) is 13.2 Å². The normalized spacial score (nSPS) is 22.0. The molecule has 1 aliphatic carbocycles. The van der Waals surface area contributed by atoms with E-state index < -0.39 is 0 Å². The largest absolute Gasteiger partial charge is 0.492 e. The Morgan fingerprint density at radius 1 is 1.47 bits per heavy atom. The first kappa shape index (κ1) is 11.9. The lowest BCUT2D eigenvalue weighted by atomic mass is 10.3. The molecule has 1 saturated carbocycles. The number of hydrogen-bond acceptors (Lipinski definition) is 2. The molecule has 0 heterocycles. The summed E-state index contributed by atoms with van der Waals surface area (Å²) >= 11 is 0. The lowest BCUT2D eigenvalue weighted by Crippen LogP contribution is -2.29. The monoisotopic (exact) mass is 237 g/mol. The van der Waals surface area contributed by atoms with E-state index in [4.69, 9.17) is 4.74 Å². The summed E-state index contributed by atoms with van der Waals surface area (Å²) in [5, 5.41) is 2.82. The fraction of sp³-hybridized carbons (Fsp3) is 0.462. The highest BCUT2D eigenvalue weighted by atomic mass is 19.1. The minimum Gasteiger partial charge on any atom is -0.492 e. The molecule has 1 amide bonds. The van der Waals surface area contributed by atoms with E-state index in [1.54, 1.807) is 12.1 Å². The van der Waals surface area contributed by atoms with Gasteiger partial charge in [0.2, 0.25) is 5.91 Å². The Kier molecular flexibility index (Phi) is 3.61. The SMILES string of the molecule is C[C@H]1C[C@H]1C(=O)NCCOc1ccc(F)cc1. The molecule has 2 rings (SSSR count). The summed E-state index contributed by atoms with van der Waals surface area (Å²) in [6, 6.07) is 5.83. The van der Waals surface area contributed by atoms with E-state index in [1.807, 2.05) is 0 Å². The first-order valence-corrected chi connectivity index (χ1v) is 5.83. The third kappa shape index (κ3) is 3.44. The molecule has 1 N–H and O–H groups in total. The van der Waals surface area contributed by atoms with Gasteiger partial charge in [-0.3, -0.25) is 4.79 Å². The Morgan fingerprint density at radius 2 is 2.12 bits per heavy atom. The maximum atomic E-state index is 12.6. The van der Waals surface area contributed by atoms with E-state index in [9.17, 15) is 9.18 Å². The van der Waals surface area contributed by atoms with Crippen molar-refractivity contribution >= 4 is 5.91 Å². The van der Waals surface area contributed by atoms with Crippen LogP contribution in [0.25, 0.3) is 0 Å². The number of rotatable bonds is 5. The van der Waals surface area contributed by atoms with Crippen molar-refractivity contribution in [3.8, 4) is 5.75 Å². The van der Waals surface area contributed by atoms with Crippen LogP contribution in [-0.2, 0) is 4.79 Å². The van der Waals surface area contributed by atoms with Gasteiger partial charge in [0.1, 0.15) is 18.2 Å². The van der Waals surface area contributed by atoms with Gasteiger partial charge in [0.25, 0.3) is 0 Å². The second-order valence-electron chi connectivity index (χ2n) is 4.41. The van der Waals surface area contributed by atoms with E-state index in [0.717, 1.165) is 6.42 Å². The molecule has 17 heavy (non-hydrogen) atoms. The van der Waals surface area contributed by atoms with Crippen LogP contribution in [-0.4, -0.2) is 19.1 Å². The second kappa shape index (κ2) is 5.17. The number of nitrogens with one attached hydrogen (secondary N) is 1. The fourth-order valence-corrected chi connectivity index (χ4v) is 1.69. The summed E-state index contributed by atoms with van der Waals surface area (Å²) in [5.41, 5.74) is 0. The van der Waals surface area contributed by atoms with Gasteiger partial charge in [-0.15, -0.1) is 0 Å². The average molecular weight is 237 g/mol. The molecule has 2 atom stereocenters. The van der Waals surface area contributed by atoms with E-state index in [0.29, 0.717) is 24.8 Å². The van der Waals surface area contributed by atoms with Crippen molar-refractivity contribution < 1.29 is 13.9 Å². The molecule has 1 aromatic rings. The zero-order valence-corrected chi connectivity index (χ0v) is 9.78. The lowest BCUT2D eigenvalue weighted by molar-refractivity contribution is -0.122. The molecule has 3 nitrogen and oxygen atoms in total. The van der Waals surface area contributed by atoms with Crippen molar-refractivity contribution in [1.29, 1.82) is 0 Å². The van der Waals surface area contributed by atoms with Crippen molar-refractivity contribution in [3.63, 3.8) is 0 Å². The number of benzene rings is 1. The Morgan fingerprint density at radius 3 is 2.71 bits per heavy atom. The molecule has 92 valence electrons. The molecular weight excluding hydrogens is 221 g/mol. The van der Waals surface area contributed by atoms with E-state index in [2.05, 4.69) is 12.2 Å². The molecule has 0 radical (unpaired) electrons. The van der Waals surface area contributed by atoms with Crippen LogP contribution in [0.4, 0.5) is 4.39 Å². The van der Waals surface area contributed by atoms with Crippen molar-refractivity contribution in [3.05, 3.63) is 30.1 Å². The molecule has 0 unspecified atom stereocenters. The third-order valence-corrected chi connectivity index (χ3v) is 2.93. The highest BCUT2D eigenvalue weighted by molar-refractivity contribution is 5.81. The van der Waals surface area contributed by atoms with Gasteiger partial charge in [-0.2, -0.15) is 0 Å². The van der Waals surface area contributed by atoms with Crippen LogP contribution in [0.2, 0.25) is 0 Å². The second-order valence-corrected chi connectivity index (χ2v) is 4.41. The predicted octanol–water partition coefficient (Wildman–Crippen LogP) is 1.98. The maximum absolute atomic E-state index is 12.6. The zero-order valence-electron chi connectivity index (χ0n) is 9.78. The minimum absolute atomic E-state index is 0.111. The third-order valence-electron chi connectivity index (χ3n) is 2.93. The first-order valence-electron chi connectivity index (χ1n) is 5.83. The van der Waals surface area contributed by atoms with Crippen LogP contribution in [0, 0.1) is 17.7 Å². The molecular formula is C13H16FNO2. The van der Waals surface area contributed by atoms with Gasteiger partial charge < -0.3 is 10.1 Å². The van der Waals surface area contributed by atoms with Crippen LogP contribution in [0.15, 0.2) is 24.3 Å². The molecule has 0 bridgehead atoms. The van der Waals surface area contributed by atoms with E-state index >= 15 is 0 Å². The fourth-order valence-electron chi connectivity index (χ4n) is 1.69. The van der Waals surface area contributed by atoms with Crippen LogP contribution in [0.5, 0.6) is 5.75 Å². The Labute approximate surface area is 100.0 Å². The number of amides is 1. The minimum atomic E-state index is -0.284. The summed E-state index contributed by atoms with van der Waals surface area (Å²) in [6.45, 7) is 2.96. The van der Waals surface area contributed by atoms with Gasteiger partial charge in [-0.1, -0.05) is 6.92 Å². The van der Waals surface area contributed by atoms with Gasteiger partial charge in [0.15, 0.2) is 0 Å². The zero-order chi connectivity index (χ0) is 12.3. The highest BCUT2D eigenvalue weighted by Crippen LogP contribution is 2.37. The van der Waals surface area contributed by atoms with Crippen LogP contribution in [0.1, 0.15) is 13.3 Å². The van der Waals surface area contributed by atoms with Gasteiger partial charge in [0, 0.05) is 5.92 Å². The van der Waals surface area contributed by atoms with Crippen molar-refractivity contribution in [1.82, 2.24) is 5.32 Å². The average Bonchev–Trinajstić information content (AvgIpc) is 3.04. The van der Waals surface area contributed by atoms with E-state index in [1.165, 1.54) is 12.1 Å². The molecule has 1 fully saturated rings.